The second kappa shape index (κ2) is 6.95. The molecular weight excluding hydrogens is 278 g/mol. The fourth-order valence-electron chi connectivity index (χ4n) is 2.31. The van der Waals surface area contributed by atoms with E-state index in [0.29, 0.717) is 22.9 Å². The summed E-state index contributed by atoms with van der Waals surface area (Å²) in [6.07, 6.45) is 3.57. The number of hydrogen-bond acceptors (Lipinski definition) is 3. The average molecular weight is 298 g/mol. The molecule has 4 nitrogen and oxygen atoms in total. The number of carbonyl (C=O) groups is 1. The quantitative estimate of drug-likeness (QED) is 0.924. The number of amides is 1. The number of halogens is 1. The zero-order valence-electron chi connectivity index (χ0n) is 11.9. The Hall–Kier alpha value is -1.26. The summed E-state index contributed by atoms with van der Waals surface area (Å²) in [5, 5.41) is 3.50. The summed E-state index contributed by atoms with van der Waals surface area (Å²) in [5.41, 5.74) is 1.55. The van der Waals surface area contributed by atoms with Gasteiger partial charge in [-0.15, -0.1) is 0 Å². The van der Waals surface area contributed by atoms with Crippen LogP contribution in [0.25, 0.3) is 0 Å². The van der Waals surface area contributed by atoms with E-state index in [9.17, 15) is 4.79 Å². The maximum absolute atomic E-state index is 12.1. The average Bonchev–Trinajstić information content (AvgIpc) is 2.43. The molecular formula is C15H20ClNO3. The molecule has 1 saturated heterocycles. The Bertz CT molecular complexity index is 484. The van der Waals surface area contributed by atoms with E-state index in [1.54, 1.807) is 13.2 Å². The van der Waals surface area contributed by atoms with Crippen LogP contribution in [0.2, 0.25) is 5.02 Å². The highest BCUT2D eigenvalue weighted by molar-refractivity contribution is 6.31. The molecule has 0 aliphatic carbocycles. The van der Waals surface area contributed by atoms with Crippen molar-refractivity contribution < 1.29 is 14.3 Å². The third kappa shape index (κ3) is 3.87. The van der Waals surface area contributed by atoms with Crippen molar-refractivity contribution in [3.05, 3.63) is 22.7 Å². The Morgan fingerprint density at radius 1 is 1.50 bits per heavy atom. The highest BCUT2D eigenvalue weighted by atomic mass is 35.5. The lowest BCUT2D eigenvalue weighted by Crippen LogP contribution is -2.25. The van der Waals surface area contributed by atoms with Crippen LogP contribution in [0.4, 0.5) is 5.69 Å². The molecule has 0 aromatic heterocycles. The number of anilines is 1. The molecule has 0 radical (unpaired) electrons. The summed E-state index contributed by atoms with van der Waals surface area (Å²) in [5.74, 6) is 0.510. The monoisotopic (exact) mass is 297 g/mol. The lowest BCUT2D eigenvalue weighted by atomic mass is 10.1. The summed E-state index contributed by atoms with van der Waals surface area (Å²) in [6, 6.07) is 3.53. The Kier molecular flexibility index (Phi) is 5.26. The molecule has 1 amide bonds. The molecule has 1 atom stereocenters. The first-order chi connectivity index (χ1) is 9.60. The molecule has 1 aliphatic rings. The Balaban J connectivity index is 2.01. The van der Waals surface area contributed by atoms with Crippen molar-refractivity contribution in [3.8, 4) is 5.75 Å². The maximum Gasteiger partial charge on any atom is 0.227 e. The maximum atomic E-state index is 12.1. The fourth-order valence-corrected chi connectivity index (χ4v) is 2.46. The van der Waals surface area contributed by atoms with Gasteiger partial charge >= 0.3 is 0 Å². The van der Waals surface area contributed by atoms with Crippen LogP contribution in [0.3, 0.4) is 0 Å². The number of methoxy groups -OCH3 is 1. The van der Waals surface area contributed by atoms with E-state index in [1.807, 2.05) is 13.0 Å². The van der Waals surface area contributed by atoms with Gasteiger partial charge in [0.15, 0.2) is 0 Å². The van der Waals surface area contributed by atoms with Crippen LogP contribution in [0.5, 0.6) is 5.75 Å². The number of hydrogen-bond donors (Lipinski definition) is 1. The molecule has 0 saturated carbocycles. The number of aryl methyl sites for hydroxylation is 1. The minimum atomic E-state index is -0.0584. The van der Waals surface area contributed by atoms with Gasteiger partial charge in [0.05, 0.1) is 25.3 Å². The van der Waals surface area contributed by atoms with Gasteiger partial charge in [-0.05, 0) is 37.8 Å². The van der Waals surface area contributed by atoms with Crippen molar-refractivity contribution in [1.29, 1.82) is 0 Å². The van der Waals surface area contributed by atoms with Gasteiger partial charge in [0, 0.05) is 17.7 Å². The highest BCUT2D eigenvalue weighted by Gasteiger charge is 2.18. The minimum absolute atomic E-state index is 0.0307. The number of ether oxygens (including phenoxy) is 2. The Labute approximate surface area is 124 Å². The number of rotatable bonds is 4. The molecule has 1 N–H and O–H groups in total. The zero-order valence-corrected chi connectivity index (χ0v) is 12.6. The van der Waals surface area contributed by atoms with Gasteiger partial charge in [-0.1, -0.05) is 11.6 Å². The molecule has 0 bridgehead atoms. The lowest BCUT2D eigenvalue weighted by Gasteiger charge is -2.22. The van der Waals surface area contributed by atoms with Gasteiger partial charge in [0.25, 0.3) is 0 Å². The molecule has 110 valence electrons. The summed E-state index contributed by atoms with van der Waals surface area (Å²) < 4.78 is 10.8. The van der Waals surface area contributed by atoms with Crippen LogP contribution < -0.4 is 10.1 Å². The van der Waals surface area contributed by atoms with Crippen LogP contribution in [0, 0.1) is 6.92 Å². The van der Waals surface area contributed by atoms with Gasteiger partial charge < -0.3 is 14.8 Å². The molecule has 1 aromatic carbocycles. The normalized spacial score (nSPS) is 18.6. The van der Waals surface area contributed by atoms with E-state index in [0.717, 1.165) is 31.4 Å². The van der Waals surface area contributed by atoms with E-state index >= 15 is 0 Å². The zero-order chi connectivity index (χ0) is 14.5. The van der Waals surface area contributed by atoms with Crippen LogP contribution in [0.15, 0.2) is 12.1 Å². The van der Waals surface area contributed by atoms with Crippen molar-refractivity contribution in [2.24, 2.45) is 0 Å². The fraction of sp³-hybridized carbons (Fsp3) is 0.533. The smallest absolute Gasteiger partial charge is 0.227 e. The summed E-state index contributed by atoms with van der Waals surface area (Å²) >= 11 is 6.04. The van der Waals surface area contributed by atoms with Crippen molar-refractivity contribution in [2.75, 3.05) is 19.0 Å². The minimum Gasteiger partial charge on any atom is -0.495 e. The first-order valence-corrected chi connectivity index (χ1v) is 7.23. The molecule has 1 aliphatic heterocycles. The van der Waals surface area contributed by atoms with Crippen molar-refractivity contribution >= 4 is 23.2 Å². The van der Waals surface area contributed by atoms with Gasteiger partial charge in [0.1, 0.15) is 5.75 Å². The van der Waals surface area contributed by atoms with E-state index in [2.05, 4.69) is 5.32 Å². The van der Waals surface area contributed by atoms with E-state index in [4.69, 9.17) is 21.1 Å². The summed E-state index contributed by atoms with van der Waals surface area (Å²) in [4.78, 5) is 12.1. The Morgan fingerprint density at radius 3 is 2.95 bits per heavy atom. The Morgan fingerprint density at radius 2 is 2.30 bits per heavy atom. The molecule has 20 heavy (non-hydrogen) atoms. The van der Waals surface area contributed by atoms with Crippen LogP contribution in [0.1, 0.15) is 31.2 Å². The van der Waals surface area contributed by atoms with E-state index < -0.39 is 0 Å². The molecule has 1 fully saturated rings. The second-order valence-electron chi connectivity index (χ2n) is 5.04. The largest absolute Gasteiger partial charge is 0.495 e. The van der Waals surface area contributed by atoms with Gasteiger partial charge in [-0.25, -0.2) is 0 Å². The lowest BCUT2D eigenvalue weighted by molar-refractivity contribution is -0.119. The molecule has 1 heterocycles. The number of nitrogens with one attached hydrogen (secondary N) is 1. The third-order valence-electron chi connectivity index (χ3n) is 3.44. The second-order valence-corrected chi connectivity index (χ2v) is 5.45. The van der Waals surface area contributed by atoms with Crippen LogP contribution in [-0.4, -0.2) is 25.7 Å². The third-order valence-corrected chi connectivity index (χ3v) is 3.85. The molecule has 1 unspecified atom stereocenters. The summed E-state index contributed by atoms with van der Waals surface area (Å²) in [7, 11) is 1.56. The molecule has 2 rings (SSSR count). The standard InChI is InChI=1S/C15H20ClNO3/c1-10-7-13(14(19-2)9-12(10)16)17-15(18)8-11-5-3-4-6-20-11/h7,9,11H,3-6,8H2,1-2H3,(H,17,18). The number of benzene rings is 1. The van der Waals surface area contributed by atoms with Crippen LogP contribution in [-0.2, 0) is 9.53 Å². The van der Waals surface area contributed by atoms with Crippen molar-refractivity contribution in [1.82, 2.24) is 0 Å². The predicted octanol–water partition coefficient (Wildman–Crippen LogP) is 3.55. The predicted molar refractivity (Wildman–Crippen MR) is 79.6 cm³/mol. The van der Waals surface area contributed by atoms with Crippen molar-refractivity contribution in [2.45, 2.75) is 38.7 Å². The van der Waals surface area contributed by atoms with Crippen molar-refractivity contribution in [3.63, 3.8) is 0 Å². The van der Waals surface area contributed by atoms with Gasteiger partial charge in [0.2, 0.25) is 5.91 Å². The van der Waals surface area contributed by atoms with Gasteiger partial charge in [-0.2, -0.15) is 0 Å². The molecule has 5 heteroatoms. The highest BCUT2D eigenvalue weighted by Crippen LogP contribution is 2.31. The van der Waals surface area contributed by atoms with Gasteiger partial charge in [-0.3, -0.25) is 4.79 Å². The first-order valence-electron chi connectivity index (χ1n) is 6.85. The number of carbonyl (C=O) groups excluding carboxylic acids is 1. The SMILES string of the molecule is COc1cc(Cl)c(C)cc1NC(=O)CC1CCCCO1. The first kappa shape index (κ1) is 15.1. The van der Waals surface area contributed by atoms with E-state index in [-0.39, 0.29) is 12.0 Å². The molecule has 1 aromatic rings. The van der Waals surface area contributed by atoms with E-state index in [1.165, 1.54) is 0 Å². The van der Waals surface area contributed by atoms with Crippen LogP contribution >= 0.6 is 11.6 Å². The molecule has 0 spiro atoms. The topological polar surface area (TPSA) is 47.6 Å². The summed E-state index contributed by atoms with van der Waals surface area (Å²) in [6.45, 7) is 2.64.